The molecule has 0 amide bonds. The maximum Gasteiger partial charge on any atom is 0.335 e. The highest BCUT2D eigenvalue weighted by molar-refractivity contribution is 5.87. The highest BCUT2D eigenvalue weighted by Crippen LogP contribution is 2.23. The monoisotopic (exact) mass is 309 g/mol. The van der Waals surface area contributed by atoms with Crippen molar-refractivity contribution in [2.45, 2.75) is 51.7 Å². The Bertz CT molecular complexity index is 480. The van der Waals surface area contributed by atoms with Gasteiger partial charge in [-0.25, -0.2) is 4.79 Å². The van der Waals surface area contributed by atoms with Crippen LogP contribution in [-0.2, 0) is 4.74 Å². The molecule has 1 aromatic carbocycles. The molecule has 0 unspecified atom stereocenters. The molecular formula is C17H27NO4. The van der Waals surface area contributed by atoms with Crippen molar-refractivity contribution in [3.8, 4) is 5.75 Å². The van der Waals surface area contributed by atoms with Crippen LogP contribution in [0.25, 0.3) is 0 Å². The molecule has 3 N–H and O–H groups in total. The molecule has 5 nitrogen and oxygen atoms in total. The topological polar surface area (TPSA) is 81.8 Å². The first-order chi connectivity index (χ1) is 10.2. The lowest BCUT2D eigenvalue weighted by molar-refractivity contribution is -0.0435. The van der Waals surface area contributed by atoms with Crippen molar-refractivity contribution in [3.05, 3.63) is 29.8 Å². The van der Waals surface area contributed by atoms with Crippen LogP contribution in [0.15, 0.2) is 24.3 Å². The number of rotatable bonds is 9. The average Bonchev–Trinajstić information content (AvgIpc) is 2.38. The Labute approximate surface area is 132 Å². The Morgan fingerprint density at radius 2 is 1.68 bits per heavy atom. The third kappa shape index (κ3) is 6.45. The van der Waals surface area contributed by atoms with E-state index in [9.17, 15) is 4.79 Å². The van der Waals surface area contributed by atoms with E-state index in [0.29, 0.717) is 18.9 Å². The molecule has 0 bridgehead atoms. The fourth-order valence-corrected chi connectivity index (χ4v) is 2.03. The SMILES string of the molecule is CC(C)(CCN)OCCC(C)(C)Oc1ccc(C(=O)O)cc1. The van der Waals surface area contributed by atoms with Gasteiger partial charge in [0, 0.05) is 6.42 Å². The van der Waals surface area contributed by atoms with Gasteiger partial charge in [-0.2, -0.15) is 0 Å². The number of nitrogens with two attached hydrogens (primary N) is 1. The van der Waals surface area contributed by atoms with Gasteiger partial charge in [-0.1, -0.05) is 0 Å². The fraction of sp³-hybridized carbons (Fsp3) is 0.588. The molecule has 5 heteroatoms. The standard InChI is InChI=1S/C17H27NO4/c1-16(2,9-11-18)21-12-10-17(3,4)22-14-7-5-13(6-8-14)15(19)20/h5-8H,9-12,18H2,1-4H3,(H,19,20). The highest BCUT2D eigenvalue weighted by atomic mass is 16.5. The summed E-state index contributed by atoms with van der Waals surface area (Å²) in [5, 5.41) is 8.88. The molecule has 1 rings (SSSR count). The first-order valence-corrected chi connectivity index (χ1v) is 7.52. The van der Waals surface area contributed by atoms with Crippen LogP contribution in [0.1, 0.15) is 50.9 Å². The molecule has 0 radical (unpaired) electrons. The van der Waals surface area contributed by atoms with Crippen molar-refractivity contribution in [1.29, 1.82) is 0 Å². The summed E-state index contributed by atoms with van der Waals surface area (Å²) in [7, 11) is 0. The van der Waals surface area contributed by atoms with Crippen molar-refractivity contribution >= 4 is 5.97 Å². The van der Waals surface area contributed by atoms with Gasteiger partial charge in [-0.15, -0.1) is 0 Å². The Hall–Kier alpha value is -1.59. The van der Waals surface area contributed by atoms with Gasteiger partial charge in [-0.05, 0) is 64.9 Å². The Kier molecular flexibility index (Phi) is 6.38. The maximum atomic E-state index is 10.8. The number of carboxylic acids is 1. The van der Waals surface area contributed by atoms with Gasteiger partial charge >= 0.3 is 5.97 Å². The van der Waals surface area contributed by atoms with E-state index in [-0.39, 0.29) is 11.2 Å². The summed E-state index contributed by atoms with van der Waals surface area (Å²) >= 11 is 0. The highest BCUT2D eigenvalue weighted by Gasteiger charge is 2.23. The summed E-state index contributed by atoms with van der Waals surface area (Å²) in [5.41, 5.74) is 5.18. The second kappa shape index (κ2) is 7.61. The van der Waals surface area contributed by atoms with Crippen molar-refractivity contribution in [2.24, 2.45) is 5.73 Å². The lowest BCUT2D eigenvalue weighted by atomic mass is 10.0. The number of benzene rings is 1. The predicted molar refractivity (Wildman–Crippen MR) is 86.4 cm³/mol. The lowest BCUT2D eigenvalue weighted by Gasteiger charge is -2.30. The van der Waals surface area contributed by atoms with Gasteiger partial charge in [0.15, 0.2) is 0 Å². The zero-order chi connectivity index (χ0) is 16.8. The van der Waals surface area contributed by atoms with E-state index in [1.807, 2.05) is 27.7 Å². The molecule has 0 aliphatic heterocycles. The zero-order valence-electron chi connectivity index (χ0n) is 13.9. The molecule has 0 fully saturated rings. The molecule has 0 aliphatic carbocycles. The minimum absolute atomic E-state index is 0.228. The lowest BCUT2D eigenvalue weighted by Crippen LogP contribution is -2.33. The second-order valence-electron chi connectivity index (χ2n) is 6.59. The van der Waals surface area contributed by atoms with Crippen molar-refractivity contribution in [2.75, 3.05) is 13.2 Å². The molecule has 0 atom stereocenters. The number of hydrogen-bond acceptors (Lipinski definition) is 4. The van der Waals surface area contributed by atoms with E-state index in [2.05, 4.69) is 0 Å². The van der Waals surface area contributed by atoms with E-state index in [1.54, 1.807) is 12.1 Å². The molecule has 1 aromatic rings. The van der Waals surface area contributed by atoms with Crippen LogP contribution >= 0.6 is 0 Å². The first kappa shape index (κ1) is 18.5. The third-order valence-electron chi connectivity index (χ3n) is 3.44. The number of aromatic carboxylic acids is 1. The van der Waals surface area contributed by atoms with Crippen LogP contribution in [0.3, 0.4) is 0 Å². The van der Waals surface area contributed by atoms with Gasteiger partial charge < -0.3 is 20.3 Å². The van der Waals surface area contributed by atoms with Gasteiger partial charge in [-0.3, -0.25) is 0 Å². The van der Waals surface area contributed by atoms with E-state index in [0.717, 1.165) is 12.8 Å². The summed E-state index contributed by atoms with van der Waals surface area (Å²) in [6.45, 7) is 9.20. The van der Waals surface area contributed by atoms with Gasteiger partial charge in [0.1, 0.15) is 11.4 Å². The second-order valence-corrected chi connectivity index (χ2v) is 6.59. The predicted octanol–water partition coefficient (Wildman–Crippen LogP) is 3.08. The molecule has 0 heterocycles. The number of carboxylic acid groups (broad SMARTS) is 1. The summed E-state index contributed by atoms with van der Waals surface area (Å²) in [4.78, 5) is 10.8. The normalized spacial score (nSPS) is 12.2. The minimum atomic E-state index is -0.943. The summed E-state index contributed by atoms with van der Waals surface area (Å²) in [5.74, 6) is -0.294. The molecule has 0 spiro atoms. The van der Waals surface area contributed by atoms with Crippen molar-refractivity contribution in [1.82, 2.24) is 0 Å². The van der Waals surface area contributed by atoms with Crippen LogP contribution in [0, 0.1) is 0 Å². The number of ether oxygens (including phenoxy) is 2. The van der Waals surface area contributed by atoms with Crippen molar-refractivity contribution < 1.29 is 19.4 Å². The molecular weight excluding hydrogens is 282 g/mol. The third-order valence-corrected chi connectivity index (χ3v) is 3.44. The van der Waals surface area contributed by atoms with Crippen LogP contribution in [0.2, 0.25) is 0 Å². The van der Waals surface area contributed by atoms with Crippen LogP contribution < -0.4 is 10.5 Å². The van der Waals surface area contributed by atoms with E-state index in [4.69, 9.17) is 20.3 Å². The minimum Gasteiger partial charge on any atom is -0.488 e. The summed E-state index contributed by atoms with van der Waals surface area (Å²) in [6.07, 6.45) is 1.53. The van der Waals surface area contributed by atoms with Crippen LogP contribution in [0.5, 0.6) is 5.75 Å². The Morgan fingerprint density at radius 1 is 1.09 bits per heavy atom. The molecule has 124 valence electrons. The molecule has 0 saturated carbocycles. The Balaban J connectivity index is 2.51. The number of carbonyl (C=O) groups is 1. The van der Waals surface area contributed by atoms with Crippen molar-refractivity contribution in [3.63, 3.8) is 0 Å². The quantitative estimate of drug-likeness (QED) is 0.732. The zero-order valence-corrected chi connectivity index (χ0v) is 13.9. The Morgan fingerprint density at radius 3 is 2.18 bits per heavy atom. The average molecular weight is 309 g/mol. The maximum absolute atomic E-state index is 10.8. The number of hydrogen-bond donors (Lipinski definition) is 2. The van der Waals surface area contributed by atoms with Gasteiger partial charge in [0.05, 0.1) is 17.8 Å². The molecule has 0 aromatic heterocycles. The van der Waals surface area contributed by atoms with Gasteiger partial charge in [0.25, 0.3) is 0 Å². The van der Waals surface area contributed by atoms with Gasteiger partial charge in [0.2, 0.25) is 0 Å². The van der Waals surface area contributed by atoms with Crippen LogP contribution in [-0.4, -0.2) is 35.4 Å². The first-order valence-electron chi connectivity index (χ1n) is 7.52. The van der Waals surface area contributed by atoms with E-state index in [1.165, 1.54) is 12.1 Å². The molecule has 22 heavy (non-hydrogen) atoms. The van der Waals surface area contributed by atoms with Crippen LogP contribution in [0.4, 0.5) is 0 Å². The smallest absolute Gasteiger partial charge is 0.335 e. The summed E-state index contributed by atoms with van der Waals surface area (Å²) < 4.78 is 11.8. The van der Waals surface area contributed by atoms with E-state index < -0.39 is 11.6 Å². The largest absolute Gasteiger partial charge is 0.488 e. The molecule has 0 aliphatic rings. The summed E-state index contributed by atoms with van der Waals surface area (Å²) in [6, 6.07) is 6.41. The molecule has 0 saturated heterocycles. The fourth-order valence-electron chi connectivity index (χ4n) is 2.03. The van der Waals surface area contributed by atoms with E-state index >= 15 is 0 Å².